The first-order chi connectivity index (χ1) is 10.4. The van der Waals surface area contributed by atoms with Crippen molar-refractivity contribution >= 4 is 5.97 Å². The van der Waals surface area contributed by atoms with Crippen LogP contribution in [-0.4, -0.2) is 24.8 Å². The molecular formula is C19H34O3. The summed E-state index contributed by atoms with van der Waals surface area (Å²) in [5, 5.41) is 0. The molecular weight excluding hydrogens is 276 g/mol. The second-order valence-corrected chi connectivity index (χ2v) is 6.16. The molecule has 0 aliphatic rings. The van der Waals surface area contributed by atoms with Gasteiger partial charge in [-0.1, -0.05) is 26.0 Å². The predicted octanol–water partition coefficient (Wildman–Crippen LogP) is 5.06. The zero-order valence-electron chi connectivity index (χ0n) is 15.3. The highest BCUT2D eigenvalue weighted by molar-refractivity contribution is 5.83. The van der Waals surface area contributed by atoms with Gasteiger partial charge in [-0.15, -0.1) is 0 Å². The van der Waals surface area contributed by atoms with E-state index in [-0.39, 0.29) is 11.6 Å². The van der Waals surface area contributed by atoms with E-state index in [1.54, 1.807) is 0 Å². The van der Waals surface area contributed by atoms with Gasteiger partial charge in [0.25, 0.3) is 0 Å². The van der Waals surface area contributed by atoms with Crippen molar-refractivity contribution in [3.8, 4) is 0 Å². The van der Waals surface area contributed by atoms with Crippen LogP contribution in [0.3, 0.4) is 0 Å². The molecule has 22 heavy (non-hydrogen) atoms. The van der Waals surface area contributed by atoms with Gasteiger partial charge in [-0.2, -0.15) is 0 Å². The van der Waals surface area contributed by atoms with Crippen LogP contribution in [0, 0.1) is 5.92 Å². The molecule has 2 unspecified atom stereocenters. The Kier molecular flexibility index (Phi) is 10.9. The summed E-state index contributed by atoms with van der Waals surface area (Å²) in [7, 11) is 0. The van der Waals surface area contributed by atoms with E-state index >= 15 is 0 Å². The molecule has 2 atom stereocenters. The van der Waals surface area contributed by atoms with Crippen LogP contribution in [0.5, 0.6) is 0 Å². The van der Waals surface area contributed by atoms with E-state index in [9.17, 15) is 4.79 Å². The number of hydrogen-bond donors (Lipinski definition) is 0. The maximum atomic E-state index is 11.3. The van der Waals surface area contributed by atoms with Crippen LogP contribution >= 0.6 is 0 Å². The van der Waals surface area contributed by atoms with Crippen molar-refractivity contribution in [2.75, 3.05) is 13.2 Å². The van der Waals surface area contributed by atoms with E-state index in [0.29, 0.717) is 12.5 Å². The first-order valence-electron chi connectivity index (χ1n) is 8.52. The molecule has 0 heterocycles. The molecule has 0 aliphatic heterocycles. The van der Waals surface area contributed by atoms with Gasteiger partial charge in [-0.3, -0.25) is 0 Å². The number of carbonyl (C=O) groups is 1. The average molecular weight is 310 g/mol. The SMILES string of the molecule is CCOC(=O)/C=C(C)/C=C/CC(C)CCC(C)(CC)OCC. The molecule has 3 nitrogen and oxygen atoms in total. The smallest absolute Gasteiger partial charge is 0.330 e. The van der Waals surface area contributed by atoms with Crippen molar-refractivity contribution < 1.29 is 14.3 Å². The van der Waals surface area contributed by atoms with Gasteiger partial charge < -0.3 is 9.47 Å². The average Bonchev–Trinajstić information content (AvgIpc) is 2.45. The molecule has 0 saturated heterocycles. The third kappa shape index (κ3) is 9.78. The maximum Gasteiger partial charge on any atom is 0.330 e. The number of esters is 1. The van der Waals surface area contributed by atoms with Gasteiger partial charge in [-0.05, 0) is 64.9 Å². The zero-order valence-corrected chi connectivity index (χ0v) is 15.3. The van der Waals surface area contributed by atoms with Crippen LogP contribution in [0.4, 0.5) is 0 Å². The predicted molar refractivity (Wildman–Crippen MR) is 92.9 cm³/mol. The molecule has 0 rings (SSSR count). The lowest BCUT2D eigenvalue weighted by molar-refractivity contribution is -0.137. The summed E-state index contributed by atoms with van der Waals surface area (Å²) < 4.78 is 10.7. The molecule has 128 valence electrons. The highest BCUT2D eigenvalue weighted by Gasteiger charge is 2.22. The topological polar surface area (TPSA) is 35.5 Å². The van der Waals surface area contributed by atoms with Crippen molar-refractivity contribution in [3.05, 3.63) is 23.8 Å². The Bertz CT molecular complexity index is 371. The van der Waals surface area contributed by atoms with E-state index < -0.39 is 0 Å². The van der Waals surface area contributed by atoms with Crippen LogP contribution in [0.25, 0.3) is 0 Å². The molecule has 0 aromatic heterocycles. The van der Waals surface area contributed by atoms with Gasteiger partial charge in [-0.25, -0.2) is 4.79 Å². The lowest BCUT2D eigenvalue weighted by Gasteiger charge is -2.29. The van der Waals surface area contributed by atoms with Crippen LogP contribution in [-0.2, 0) is 14.3 Å². The van der Waals surface area contributed by atoms with Crippen molar-refractivity contribution in [1.29, 1.82) is 0 Å². The van der Waals surface area contributed by atoms with Crippen molar-refractivity contribution in [2.45, 2.75) is 72.8 Å². The molecule has 3 heteroatoms. The Labute approximate surface area is 136 Å². The summed E-state index contributed by atoms with van der Waals surface area (Å²) in [6.45, 7) is 13.6. The van der Waals surface area contributed by atoms with E-state index in [1.807, 2.05) is 19.9 Å². The van der Waals surface area contributed by atoms with Crippen LogP contribution in [0.15, 0.2) is 23.8 Å². The summed E-state index contributed by atoms with van der Waals surface area (Å²) in [6.07, 6.45) is 9.96. The number of carbonyl (C=O) groups excluding carboxylic acids is 1. The van der Waals surface area contributed by atoms with Crippen LogP contribution in [0.1, 0.15) is 67.2 Å². The number of ether oxygens (including phenoxy) is 2. The number of rotatable bonds is 11. The molecule has 0 spiro atoms. The van der Waals surface area contributed by atoms with E-state index in [2.05, 4.69) is 33.8 Å². The highest BCUT2D eigenvalue weighted by Crippen LogP contribution is 2.25. The second kappa shape index (κ2) is 11.5. The molecule has 0 aromatic carbocycles. The third-order valence-electron chi connectivity index (χ3n) is 3.96. The van der Waals surface area contributed by atoms with Gasteiger partial charge in [0.05, 0.1) is 12.2 Å². The van der Waals surface area contributed by atoms with Gasteiger partial charge in [0.1, 0.15) is 0 Å². The molecule has 0 aromatic rings. The summed E-state index contributed by atoms with van der Waals surface area (Å²) in [6, 6.07) is 0. The van der Waals surface area contributed by atoms with E-state index in [4.69, 9.17) is 9.47 Å². The first kappa shape index (κ1) is 20.9. The lowest BCUT2D eigenvalue weighted by Crippen LogP contribution is -2.28. The second-order valence-electron chi connectivity index (χ2n) is 6.16. The van der Waals surface area contributed by atoms with Gasteiger partial charge in [0.2, 0.25) is 0 Å². The summed E-state index contributed by atoms with van der Waals surface area (Å²) in [4.78, 5) is 11.3. The molecule has 0 aliphatic carbocycles. The summed E-state index contributed by atoms with van der Waals surface area (Å²) >= 11 is 0. The Morgan fingerprint density at radius 2 is 1.91 bits per heavy atom. The lowest BCUT2D eigenvalue weighted by atomic mass is 9.90. The molecule has 0 radical (unpaired) electrons. The monoisotopic (exact) mass is 310 g/mol. The minimum atomic E-state index is -0.270. The Hall–Kier alpha value is -1.09. The number of allylic oxidation sites excluding steroid dienone is 3. The fourth-order valence-electron chi connectivity index (χ4n) is 2.27. The fraction of sp³-hybridized carbons (Fsp3) is 0.737. The molecule has 0 N–H and O–H groups in total. The van der Waals surface area contributed by atoms with Gasteiger partial charge in [0.15, 0.2) is 0 Å². The first-order valence-corrected chi connectivity index (χ1v) is 8.52. The highest BCUT2D eigenvalue weighted by atomic mass is 16.5. The zero-order chi connectivity index (χ0) is 17.0. The Morgan fingerprint density at radius 3 is 2.45 bits per heavy atom. The van der Waals surface area contributed by atoms with Crippen LogP contribution in [0.2, 0.25) is 0 Å². The van der Waals surface area contributed by atoms with Crippen molar-refractivity contribution in [2.24, 2.45) is 5.92 Å². The van der Waals surface area contributed by atoms with E-state index in [0.717, 1.165) is 37.9 Å². The minimum absolute atomic E-state index is 0.00640. The Morgan fingerprint density at radius 1 is 1.23 bits per heavy atom. The quantitative estimate of drug-likeness (QED) is 0.304. The number of hydrogen-bond acceptors (Lipinski definition) is 3. The normalized spacial score (nSPS) is 16.5. The van der Waals surface area contributed by atoms with E-state index in [1.165, 1.54) is 6.08 Å². The van der Waals surface area contributed by atoms with Crippen molar-refractivity contribution in [3.63, 3.8) is 0 Å². The fourth-order valence-corrected chi connectivity index (χ4v) is 2.27. The van der Waals surface area contributed by atoms with Gasteiger partial charge in [0, 0.05) is 12.7 Å². The molecule has 0 saturated carbocycles. The molecule has 0 bridgehead atoms. The Balaban J connectivity index is 4.19. The summed E-state index contributed by atoms with van der Waals surface area (Å²) in [5.74, 6) is 0.339. The summed E-state index contributed by atoms with van der Waals surface area (Å²) in [5.41, 5.74) is 0.935. The van der Waals surface area contributed by atoms with Crippen LogP contribution < -0.4 is 0 Å². The van der Waals surface area contributed by atoms with Gasteiger partial charge >= 0.3 is 5.97 Å². The standard InChI is InChI=1S/C19H34O3/c1-7-19(6,22-9-3)14-13-16(4)11-10-12-17(5)15-18(20)21-8-2/h10,12,15-16H,7-9,11,13-14H2,1-6H3/b12-10+,17-15+. The largest absolute Gasteiger partial charge is 0.463 e. The third-order valence-corrected chi connectivity index (χ3v) is 3.96. The van der Waals surface area contributed by atoms with Crippen molar-refractivity contribution in [1.82, 2.24) is 0 Å². The minimum Gasteiger partial charge on any atom is -0.463 e. The molecule has 0 amide bonds. The molecule has 0 fully saturated rings. The maximum absolute atomic E-state index is 11.3.